The fraction of sp³-hybridized carbons (Fsp3) is 0.469. The van der Waals surface area contributed by atoms with Gasteiger partial charge in [-0.1, -0.05) is 23.4 Å². The summed E-state index contributed by atoms with van der Waals surface area (Å²) in [5.41, 5.74) is 2.64. The highest BCUT2D eigenvalue weighted by atomic mass is 32.2. The fourth-order valence-electron chi connectivity index (χ4n) is 6.00. The molecule has 0 spiro atoms. The molecule has 1 N–H and O–H groups in total. The summed E-state index contributed by atoms with van der Waals surface area (Å²) in [6, 6.07) is 11.8. The van der Waals surface area contributed by atoms with Crippen molar-refractivity contribution in [3.8, 4) is 11.1 Å². The van der Waals surface area contributed by atoms with Crippen LogP contribution in [0.2, 0.25) is 0 Å². The van der Waals surface area contributed by atoms with Crippen molar-refractivity contribution in [3.63, 3.8) is 0 Å². The van der Waals surface area contributed by atoms with Crippen LogP contribution in [0.15, 0.2) is 45.8 Å². The third-order valence-corrected chi connectivity index (χ3v) is 8.75. The minimum atomic E-state index is -1.53. The molecule has 1 aliphatic heterocycles. The Morgan fingerprint density at radius 1 is 1.12 bits per heavy atom. The molecule has 6 rings (SSSR count). The summed E-state index contributed by atoms with van der Waals surface area (Å²) >= 11 is 1.58. The summed E-state index contributed by atoms with van der Waals surface area (Å²) in [7, 11) is 0. The van der Waals surface area contributed by atoms with E-state index in [2.05, 4.69) is 5.16 Å². The topological polar surface area (TPSA) is 99.6 Å². The molecule has 2 fully saturated rings. The quantitative estimate of drug-likeness (QED) is 0.243. The van der Waals surface area contributed by atoms with Gasteiger partial charge in [0.1, 0.15) is 22.8 Å². The van der Waals surface area contributed by atoms with Crippen molar-refractivity contribution in [2.45, 2.75) is 88.4 Å². The molecule has 2 aliphatic rings. The minimum Gasteiger partial charge on any atom is -0.443 e. The number of rotatable bonds is 6. The zero-order valence-electron chi connectivity index (χ0n) is 24.5. The summed E-state index contributed by atoms with van der Waals surface area (Å²) in [6.45, 7) is 9.91. The SMILES string of the molecule is CSc1ccccc1C(O)(c1cc(-c2c(C)noc2C)cc2c1nc(C1CC1)n2C(=O)OC(C)(C)C)C1CCCO1. The third-order valence-electron chi connectivity index (χ3n) is 7.95. The second kappa shape index (κ2) is 10.3. The van der Waals surface area contributed by atoms with Gasteiger partial charge in [-0.2, -0.15) is 0 Å². The van der Waals surface area contributed by atoms with E-state index in [1.165, 1.54) is 0 Å². The zero-order valence-corrected chi connectivity index (χ0v) is 25.3. The highest BCUT2D eigenvalue weighted by Crippen LogP contribution is 2.48. The van der Waals surface area contributed by atoms with Crippen molar-refractivity contribution in [1.82, 2.24) is 14.7 Å². The van der Waals surface area contributed by atoms with Crippen molar-refractivity contribution in [2.24, 2.45) is 0 Å². The molecule has 1 saturated heterocycles. The molecule has 3 heterocycles. The summed E-state index contributed by atoms with van der Waals surface area (Å²) in [5.74, 6) is 1.47. The van der Waals surface area contributed by atoms with E-state index in [9.17, 15) is 9.90 Å². The van der Waals surface area contributed by atoms with E-state index >= 15 is 0 Å². The number of benzene rings is 2. The Labute approximate surface area is 244 Å². The van der Waals surface area contributed by atoms with E-state index in [-0.39, 0.29) is 5.92 Å². The zero-order chi connectivity index (χ0) is 29.1. The molecule has 1 aliphatic carbocycles. The molecule has 2 aromatic carbocycles. The van der Waals surface area contributed by atoms with Crippen LogP contribution in [0.1, 0.15) is 80.8 Å². The standard InChI is InChI=1S/C32H37N3O5S/c1-18-27(19(2)40-34-18)21-16-23(32(37,26-12-9-15-38-26)22-10-7-8-11-25(22)41-6)28-24(17-21)35(29(33-28)20-13-14-20)30(36)39-31(3,4)5/h7-8,10-11,16-17,20,26,37H,9,12-15H2,1-6H3. The van der Waals surface area contributed by atoms with Gasteiger partial charge in [-0.25, -0.2) is 14.3 Å². The Morgan fingerprint density at radius 2 is 1.88 bits per heavy atom. The van der Waals surface area contributed by atoms with Crippen LogP contribution in [0.3, 0.4) is 0 Å². The van der Waals surface area contributed by atoms with Crippen molar-refractivity contribution < 1.29 is 23.9 Å². The Hall–Kier alpha value is -3.14. The van der Waals surface area contributed by atoms with E-state index in [4.69, 9.17) is 19.0 Å². The molecule has 0 bridgehead atoms. The van der Waals surface area contributed by atoms with Gasteiger partial charge in [-0.05, 0) is 90.3 Å². The van der Waals surface area contributed by atoms with Crippen LogP contribution >= 0.6 is 11.8 Å². The molecule has 1 saturated carbocycles. The Morgan fingerprint density at radius 3 is 2.49 bits per heavy atom. The molecule has 8 nitrogen and oxygen atoms in total. The predicted octanol–water partition coefficient (Wildman–Crippen LogP) is 7.11. The van der Waals surface area contributed by atoms with Gasteiger partial charge in [0.05, 0.1) is 22.8 Å². The van der Waals surface area contributed by atoms with Crippen molar-refractivity contribution in [1.29, 1.82) is 0 Å². The van der Waals surface area contributed by atoms with E-state index in [0.29, 0.717) is 41.2 Å². The largest absolute Gasteiger partial charge is 0.443 e. The first-order valence-corrected chi connectivity index (χ1v) is 15.5. The van der Waals surface area contributed by atoms with Gasteiger partial charge in [-0.15, -0.1) is 11.8 Å². The molecule has 2 aromatic heterocycles. The van der Waals surface area contributed by atoms with E-state index < -0.39 is 23.4 Å². The molecular formula is C32H37N3O5S. The number of hydrogen-bond donors (Lipinski definition) is 1. The predicted molar refractivity (Wildman–Crippen MR) is 159 cm³/mol. The number of imidazole rings is 1. The molecule has 0 radical (unpaired) electrons. The molecule has 2 unspecified atom stereocenters. The molecule has 9 heteroatoms. The van der Waals surface area contributed by atoms with Gasteiger partial charge in [0.2, 0.25) is 0 Å². The van der Waals surface area contributed by atoms with Gasteiger partial charge in [-0.3, -0.25) is 0 Å². The van der Waals surface area contributed by atoms with E-state index in [1.807, 2.05) is 77.3 Å². The average molecular weight is 576 g/mol. The lowest BCUT2D eigenvalue weighted by Crippen LogP contribution is -2.41. The molecule has 4 aromatic rings. The Kier molecular flexibility index (Phi) is 7.03. The smallest absolute Gasteiger partial charge is 0.420 e. The van der Waals surface area contributed by atoms with Crippen LogP contribution < -0.4 is 0 Å². The monoisotopic (exact) mass is 575 g/mol. The van der Waals surface area contributed by atoms with Gasteiger partial charge >= 0.3 is 6.09 Å². The Bertz CT molecular complexity index is 1600. The van der Waals surface area contributed by atoms with E-state index in [0.717, 1.165) is 46.5 Å². The second-order valence-electron chi connectivity index (χ2n) is 12.1. The molecule has 0 amide bonds. The first-order chi connectivity index (χ1) is 19.5. The number of aliphatic hydroxyl groups is 1. The summed E-state index contributed by atoms with van der Waals surface area (Å²) < 4.78 is 19.3. The first kappa shape index (κ1) is 28.0. The highest BCUT2D eigenvalue weighted by molar-refractivity contribution is 7.98. The number of carbonyl (C=O) groups is 1. The molecular weight excluding hydrogens is 538 g/mol. The average Bonchev–Trinajstić information content (AvgIpc) is 3.31. The number of fused-ring (bicyclic) bond motifs is 1. The van der Waals surface area contributed by atoms with Crippen molar-refractivity contribution >= 4 is 28.9 Å². The Balaban J connectivity index is 1.72. The number of aromatic nitrogens is 3. The maximum Gasteiger partial charge on any atom is 0.420 e. The van der Waals surface area contributed by atoms with Gasteiger partial charge in [0, 0.05) is 34.1 Å². The summed E-state index contributed by atoms with van der Waals surface area (Å²) in [5, 5.41) is 17.3. The van der Waals surface area contributed by atoms with E-state index in [1.54, 1.807) is 16.3 Å². The van der Waals surface area contributed by atoms with Crippen LogP contribution in [0.4, 0.5) is 4.79 Å². The fourth-order valence-corrected chi connectivity index (χ4v) is 6.66. The summed E-state index contributed by atoms with van der Waals surface area (Å²) in [6.07, 6.45) is 4.48. The van der Waals surface area contributed by atoms with Gasteiger partial charge in [0.25, 0.3) is 0 Å². The van der Waals surface area contributed by atoms with Crippen molar-refractivity contribution in [3.05, 3.63) is 64.8 Å². The lowest BCUT2D eigenvalue weighted by molar-refractivity contribution is -0.0626. The van der Waals surface area contributed by atoms with Crippen LogP contribution in [0, 0.1) is 13.8 Å². The second-order valence-corrected chi connectivity index (χ2v) is 13.0. The van der Waals surface area contributed by atoms with Crippen LogP contribution in [0.25, 0.3) is 22.2 Å². The lowest BCUT2D eigenvalue weighted by atomic mass is 9.78. The molecule has 216 valence electrons. The number of thioether (sulfide) groups is 1. The van der Waals surface area contributed by atoms with Crippen LogP contribution in [-0.4, -0.2) is 50.5 Å². The number of hydrogen-bond acceptors (Lipinski definition) is 8. The number of carbonyl (C=O) groups excluding carboxylic acids is 1. The molecule has 41 heavy (non-hydrogen) atoms. The number of aryl methyl sites for hydroxylation is 2. The number of ether oxygens (including phenoxy) is 2. The minimum absolute atomic E-state index is 0.152. The number of nitrogens with zero attached hydrogens (tertiary/aromatic N) is 3. The van der Waals surface area contributed by atoms with Crippen LogP contribution in [0.5, 0.6) is 0 Å². The molecule has 2 atom stereocenters. The lowest BCUT2D eigenvalue weighted by Gasteiger charge is -2.36. The summed E-state index contributed by atoms with van der Waals surface area (Å²) in [4.78, 5) is 19.9. The van der Waals surface area contributed by atoms with Crippen LogP contribution in [-0.2, 0) is 15.1 Å². The first-order valence-electron chi connectivity index (χ1n) is 14.2. The maximum atomic E-state index is 13.8. The normalized spacial score (nSPS) is 19.0. The van der Waals surface area contributed by atoms with Gasteiger partial charge in [0.15, 0.2) is 0 Å². The van der Waals surface area contributed by atoms with Gasteiger partial charge < -0.3 is 19.1 Å². The maximum absolute atomic E-state index is 13.8. The third kappa shape index (κ3) is 4.87. The highest BCUT2D eigenvalue weighted by Gasteiger charge is 2.47. The van der Waals surface area contributed by atoms with Crippen molar-refractivity contribution in [2.75, 3.05) is 12.9 Å².